The van der Waals surface area contributed by atoms with Crippen LogP contribution in [-0.4, -0.2) is 13.7 Å². The summed E-state index contributed by atoms with van der Waals surface area (Å²) in [6.07, 6.45) is 0. The summed E-state index contributed by atoms with van der Waals surface area (Å²) < 4.78 is 5.13. The Labute approximate surface area is 106 Å². The van der Waals surface area contributed by atoms with Gasteiger partial charge in [-0.05, 0) is 11.1 Å². The Morgan fingerprint density at radius 1 is 1.38 bits per heavy atom. The van der Waals surface area contributed by atoms with Crippen LogP contribution in [0.2, 0.25) is 0 Å². The molecular weight excluding hydrogens is 245 g/mol. The molecule has 0 fully saturated rings. The summed E-state index contributed by atoms with van der Waals surface area (Å²) in [5.41, 5.74) is 3.77. The van der Waals surface area contributed by atoms with E-state index in [9.17, 15) is 0 Å². The van der Waals surface area contributed by atoms with Crippen molar-refractivity contribution >= 4 is 23.2 Å². The lowest BCUT2D eigenvalue weighted by atomic mass is 10.1. The predicted octanol–water partition coefficient (Wildman–Crippen LogP) is 3.24. The topological polar surface area (TPSA) is 21.3 Å². The Balaban J connectivity index is 2.52. The summed E-state index contributed by atoms with van der Waals surface area (Å²) in [4.78, 5) is 0. The summed E-state index contributed by atoms with van der Waals surface area (Å²) in [6.45, 7) is 1.95. The Bertz CT molecular complexity index is 353. The van der Waals surface area contributed by atoms with Crippen LogP contribution in [0.3, 0.4) is 0 Å². The summed E-state index contributed by atoms with van der Waals surface area (Å²) >= 11 is 11.2. The van der Waals surface area contributed by atoms with Crippen LogP contribution < -0.4 is 5.32 Å². The van der Waals surface area contributed by atoms with Crippen molar-refractivity contribution in [3.8, 4) is 0 Å². The highest BCUT2D eigenvalue weighted by Crippen LogP contribution is 2.10. The quantitative estimate of drug-likeness (QED) is 0.847. The van der Waals surface area contributed by atoms with Gasteiger partial charge >= 0.3 is 0 Å². The van der Waals surface area contributed by atoms with Crippen molar-refractivity contribution in [1.29, 1.82) is 0 Å². The number of halogens is 2. The van der Waals surface area contributed by atoms with Crippen LogP contribution in [0.5, 0.6) is 0 Å². The molecule has 1 aromatic carbocycles. The molecule has 0 unspecified atom stereocenters. The second-order valence-electron chi connectivity index (χ2n) is 3.36. The highest BCUT2D eigenvalue weighted by atomic mass is 35.5. The van der Waals surface area contributed by atoms with E-state index in [-0.39, 0.29) is 0 Å². The molecule has 2 nitrogen and oxygen atoms in total. The molecule has 0 aromatic heterocycles. The molecule has 1 aromatic rings. The van der Waals surface area contributed by atoms with Crippen molar-refractivity contribution in [2.75, 3.05) is 13.7 Å². The average molecular weight is 260 g/mol. The van der Waals surface area contributed by atoms with Gasteiger partial charge in [0.15, 0.2) is 0 Å². The molecule has 0 aliphatic heterocycles. The van der Waals surface area contributed by atoms with Gasteiger partial charge < -0.3 is 10.1 Å². The van der Waals surface area contributed by atoms with Gasteiger partial charge in [0.2, 0.25) is 0 Å². The van der Waals surface area contributed by atoms with E-state index in [1.165, 1.54) is 16.7 Å². The number of methoxy groups -OCH3 is 1. The molecule has 0 bridgehead atoms. The minimum Gasteiger partial charge on any atom is -0.380 e. The maximum Gasteiger partial charge on any atom is 0.0716 e. The van der Waals surface area contributed by atoms with Gasteiger partial charge in [-0.15, -0.1) is 0 Å². The Kier molecular flexibility index (Phi) is 6.50. The Morgan fingerprint density at radius 3 is 2.69 bits per heavy atom. The first-order chi connectivity index (χ1) is 7.77. The van der Waals surface area contributed by atoms with Crippen LogP contribution in [0.1, 0.15) is 11.1 Å². The number of rotatable bonds is 6. The van der Waals surface area contributed by atoms with Gasteiger partial charge in [0.25, 0.3) is 0 Å². The SMILES string of the molecule is COCc1ccccc1CNCC(Cl)=CCl. The standard InChI is InChI=1S/C12H15Cl2NO/c1-16-9-11-5-3-2-4-10(11)7-15-8-12(14)6-13/h2-6,15H,7-9H2,1H3. The lowest BCUT2D eigenvalue weighted by Gasteiger charge is -2.09. The maximum atomic E-state index is 5.77. The van der Waals surface area contributed by atoms with E-state index in [1.54, 1.807) is 7.11 Å². The van der Waals surface area contributed by atoms with E-state index in [1.807, 2.05) is 12.1 Å². The fourth-order valence-corrected chi connectivity index (χ4v) is 1.55. The molecule has 0 saturated heterocycles. The molecule has 16 heavy (non-hydrogen) atoms. The van der Waals surface area contributed by atoms with E-state index < -0.39 is 0 Å². The molecule has 88 valence electrons. The van der Waals surface area contributed by atoms with Crippen molar-refractivity contribution in [1.82, 2.24) is 5.32 Å². The fraction of sp³-hybridized carbons (Fsp3) is 0.333. The van der Waals surface area contributed by atoms with Crippen molar-refractivity contribution in [3.05, 3.63) is 46.0 Å². The van der Waals surface area contributed by atoms with Gasteiger partial charge in [0.1, 0.15) is 0 Å². The molecule has 0 aliphatic rings. The highest BCUT2D eigenvalue weighted by molar-refractivity contribution is 6.36. The zero-order valence-corrected chi connectivity index (χ0v) is 10.7. The van der Waals surface area contributed by atoms with E-state index in [0.29, 0.717) is 18.2 Å². The van der Waals surface area contributed by atoms with Crippen LogP contribution in [-0.2, 0) is 17.9 Å². The number of hydrogen-bond acceptors (Lipinski definition) is 2. The number of ether oxygens (including phenoxy) is 1. The second kappa shape index (κ2) is 7.69. The monoisotopic (exact) mass is 259 g/mol. The molecule has 0 radical (unpaired) electrons. The molecule has 4 heteroatoms. The molecule has 0 aliphatic carbocycles. The average Bonchev–Trinajstić information content (AvgIpc) is 2.31. The molecular formula is C12H15Cl2NO. The van der Waals surface area contributed by atoms with E-state index in [2.05, 4.69) is 17.4 Å². The zero-order valence-electron chi connectivity index (χ0n) is 9.17. The first-order valence-electron chi connectivity index (χ1n) is 4.99. The van der Waals surface area contributed by atoms with Crippen molar-refractivity contribution in [2.45, 2.75) is 13.2 Å². The summed E-state index contributed by atoms with van der Waals surface area (Å²) in [7, 11) is 1.69. The van der Waals surface area contributed by atoms with Gasteiger partial charge in [-0.25, -0.2) is 0 Å². The van der Waals surface area contributed by atoms with Gasteiger partial charge in [-0.2, -0.15) is 0 Å². The van der Waals surface area contributed by atoms with Crippen LogP contribution in [0.15, 0.2) is 34.8 Å². The van der Waals surface area contributed by atoms with Crippen LogP contribution in [0.4, 0.5) is 0 Å². The minimum absolute atomic E-state index is 0.576. The van der Waals surface area contributed by atoms with E-state index in [4.69, 9.17) is 27.9 Å². The number of benzene rings is 1. The van der Waals surface area contributed by atoms with Gasteiger partial charge in [-0.1, -0.05) is 47.5 Å². The van der Waals surface area contributed by atoms with Crippen LogP contribution in [0, 0.1) is 0 Å². The van der Waals surface area contributed by atoms with Crippen molar-refractivity contribution < 1.29 is 4.74 Å². The van der Waals surface area contributed by atoms with Gasteiger partial charge in [0.05, 0.1) is 6.61 Å². The smallest absolute Gasteiger partial charge is 0.0716 e. The third-order valence-electron chi connectivity index (χ3n) is 2.15. The van der Waals surface area contributed by atoms with Crippen LogP contribution in [0.25, 0.3) is 0 Å². The number of nitrogens with one attached hydrogen (secondary N) is 1. The van der Waals surface area contributed by atoms with E-state index >= 15 is 0 Å². The van der Waals surface area contributed by atoms with Gasteiger partial charge in [-0.3, -0.25) is 0 Å². The number of hydrogen-bond donors (Lipinski definition) is 1. The first kappa shape index (κ1) is 13.5. The fourth-order valence-electron chi connectivity index (χ4n) is 1.38. The normalized spacial score (nSPS) is 11.8. The van der Waals surface area contributed by atoms with E-state index in [0.717, 1.165) is 6.54 Å². The third-order valence-corrected chi connectivity index (χ3v) is 2.76. The summed E-state index contributed by atoms with van der Waals surface area (Å²) in [5.74, 6) is 0. The van der Waals surface area contributed by atoms with Crippen molar-refractivity contribution in [3.63, 3.8) is 0 Å². The summed E-state index contributed by atoms with van der Waals surface area (Å²) in [5, 5.41) is 3.81. The Hall–Kier alpha value is -0.540. The van der Waals surface area contributed by atoms with Gasteiger partial charge in [0, 0.05) is 30.8 Å². The molecule has 0 spiro atoms. The van der Waals surface area contributed by atoms with Crippen LogP contribution >= 0.6 is 23.2 Å². The highest BCUT2D eigenvalue weighted by Gasteiger charge is 2.00. The minimum atomic E-state index is 0.576. The second-order valence-corrected chi connectivity index (χ2v) is 4.06. The molecule has 1 rings (SSSR count). The lowest BCUT2D eigenvalue weighted by Crippen LogP contribution is -2.16. The molecule has 0 amide bonds. The third kappa shape index (κ3) is 4.54. The molecule has 0 heterocycles. The zero-order chi connectivity index (χ0) is 11.8. The first-order valence-corrected chi connectivity index (χ1v) is 5.80. The largest absolute Gasteiger partial charge is 0.380 e. The lowest BCUT2D eigenvalue weighted by molar-refractivity contribution is 0.184. The maximum absolute atomic E-state index is 5.77. The molecule has 0 atom stereocenters. The summed E-state index contributed by atoms with van der Waals surface area (Å²) in [6, 6.07) is 8.14. The Morgan fingerprint density at radius 2 is 2.06 bits per heavy atom. The molecule has 1 N–H and O–H groups in total. The molecule has 0 saturated carbocycles. The predicted molar refractivity (Wildman–Crippen MR) is 68.7 cm³/mol. The van der Waals surface area contributed by atoms with Crippen molar-refractivity contribution in [2.24, 2.45) is 0 Å².